The number of nitrogens with two attached hydrogens (primary N) is 1. The molecule has 0 aromatic carbocycles. The summed E-state index contributed by atoms with van der Waals surface area (Å²) in [5, 5.41) is 7.05. The highest BCUT2D eigenvalue weighted by Crippen LogP contribution is 2.16. The maximum Gasteiger partial charge on any atom is 0.259 e. The van der Waals surface area contributed by atoms with Crippen molar-refractivity contribution in [1.29, 1.82) is 0 Å². The molecule has 0 radical (unpaired) electrons. The minimum Gasteiger partial charge on any atom is -0.398 e. The lowest BCUT2D eigenvalue weighted by atomic mass is 10.2. The third-order valence-corrected chi connectivity index (χ3v) is 2.59. The number of carbonyl (C=O) groups is 1. The summed E-state index contributed by atoms with van der Waals surface area (Å²) in [5.41, 5.74) is 8.04. The van der Waals surface area contributed by atoms with Crippen molar-refractivity contribution in [2.75, 3.05) is 11.1 Å². The van der Waals surface area contributed by atoms with E-state index >= 15 is 0 Å². The van der Waals surface area contributed by atoms with E-state index in [2.05, 4.69) is 15.4 Å². The molecule has 2 aromatic rings. The van der Waals surface area contributed by atoms with Crippen LogP contribution in [0.25, 0.3) is 0 Å². The lowest BCUT2D eigenvalue weighted by Gasteiger charge is -2.05. The van der Waals surface area contributed by atoms with Crippen molar-refractivity contribution in [1.82, 2.24) is 14.8 Å². The summed E-state index contributed by atoms with van der Waals surface area (Å²) in [6, 6.07) is 1.60. The second kappa shape index (κ2) is 4.87. The van der Waals surface area contributed by atoms with E-state index < -0.39 is 0 Å². The van der Waals surface area contributed by atoms with Crippen LogP contribution < -0.4 is 11.1 Å². The molecule has 0 atom stereocenters. The van der Waals surface area contributed by atoms with Crippen LogP contribution in [0.2, 0.25) is 0 Å². The lowest BCUT2D eigenvalue weighted by molar-refractivity contribution is 0.102. The fourth-order valence-corrected chi connectivity index (χ4v) is 1.68. The Labute approximate surface area is 105 Å². The fraction of sp³-hybridized carbons (Fsp3) is 0.250. The highest BCUT2D eigenvalue weighted by Gasteiger charge is 2.13. The van der Waals surface area contributed by atoms with Gasteiger partial charge in [0.25, 0.3) is 5.91 Å². The molecular formula is C12H15N5O. The van der Waals surface area contributed by atoms with Gasteiger partial charge in [0.1, 0.15) is 0 Å². The zero-order valence-corrected chi connectivity index (χ0v) is 10.3. The van der Waals surface area contributed by atoms with Crippen LogP contribution in [0.1, 0.15) is 23.0 Å². The van der Waals surface area contributed by atoms with Gasteiger partial charge in [-0.05, 0) is 12.5 Å². The van der Waals surface area contributed by atoms with Crippen molar-refractivity contribution in [2.45, 2.75) is 13.3 Å². The summed E-state index contributed by atoms with van der Waals surface area (Å²) in [7, 11) is 1.81. The third kappa shape index (κ3) is 2.32. The Morgan fingerprint density at radius 2 is 2.33 bits per heavy atom. The number of hydrogen-bond acceptors (Lipinski definition) is 4. The summed E-state index contributed by atoms with van der Waals surface area (Å²) >= 11 is 0. The van der Waals surface area contributed by atoms with E-state index in [1.165, 1.54) is 6.20 Å². The Morgan fingerprint density at radius 3 is 3.00 bits per heavy atom. The molecule has 0 saturated heterocycles. The number of nitrogen functional groups attached to an aromatic ring is 1. The standard InChI is InChI=1S/C12H15N5O/c1-3-10-11(7-17(2)16-10)15-12(18)8-6-14-5-4-9(8)13/h4-7H,3H2,1-2H3,(H2,13,14)(H,15,18). The second-order valence-corrected chi connectivity index (χ2v) is 3.93. The van der Waals surface area contributed by atoms with Gasteiger partial charge in [-0.1, -0.05) is 6.92 Å². The van der Waals surface area contributed by atoms with E-state index in [1.807, 2.05) is 14.0 Å². The molecule has 1 amide bonds. The minimum atomic E-state index is -0.275. The van der Waals surface area contributed by atoms with E-state index in [-0.39, 0.29) is 5.91 Å². The summed E-state index contributed by atoms with van der Waals surface area (Å²) < 4.78 is 1.67. The van der Waals surface area contributed by atoms with Gasteiger partial charge in [0, 0.05) is 31.3 Å². The molecule has 3 N–H and O–H groups in total. The smallest absolute Gasteiger partial charge is 0.259 e. The van der Waals surface area contributed by atoms with Gasteiger partial charge in [-0.3, -0.25) is 14.5 Å². The van der Waals surface area contributed by atoms with Crippen LogP contribution in [0.5, 0.6) is 0 Å². The average Bonchev–Trinajstić information content (AvgIpc) is 2.70. The molecule has 0 aliphatic heterocycles. The summed E-state index contributed by atoms with van der Waals surface area (Å²) in [5.74, 6) is -0.275. The van der Waals surface area contributed by atoms with Crippen molar-refractivity contribution < 1.29 is 4.79 Å². The van der Waals surface area contributed by atoms with E-state index in [4.69, 9.17) is 5.73 Å². The number of aromatic nitrogens is 3. The van der Waals surface area contributed by atoms with Crippen molar-refractivity contribution in [2.24, 2.45) is 7.05 Å². The Bertz CT molecular complexity index is 576. The number of aryl methyl sites for hydroxylation is 2. The summed E-state index contributed by atoms with van der Waals surface area (Å²) in [6.07, 6.45) is 5.52. The van der Waals surface area contributed by atoms with Crippen LogP contribution in [0, 0.1) is 0 Å². The predicted octanol–water partition coefficient (Wildman–Crippen LogP) is 1.21. The Morgan fingerprint density at radius 1 is 1.56 bits per heavy atom. The van der Waals surface area contributed by atoms with Gasteiger partial charge < -0.3 is 11.1 Å². The van der Waals surface area contributed by atoms with Crippen LogP contribution in [-0.2, 0) is 13.5 Å². The summed E-state index contributed by atoms with van der Waals surface area (Å²) in [4.78, 5) is 15.9. The summed E-state index contributed by atoms with van der Waals surface area (Å²) in [6.45, 7) is 1.98. The van der Waals surface area contributed by atoms with Crippen LogP contribution >= 0.6 is 0 Å². The zero-order valence-electron chi connectivity index (χ0n) is 10.3. The van der Waals surface area contributed by atoms with Gasteiger partial charge in [0.2, 0.25) is 0 Å². The first-order valence-corrected chi connectivity index (χ1v) is 5.65. The van der Waals surface area contributed by atoms with Gasteiger partial charge in [-0.2, -0.15) is 5.10 Å². The molecule has 0 bridgehead atoms. The monoisotopic (exact) mass is 245 g/mol. The minimum absolute atomic E-state index is 0.275. The van der Waals surface area contributed by atoms with Crippen molar-refractivity contribution in [3.63, 3.8) is 0 Å². The van der Waals surface area contributed by atoms with E-state index in [1.54, 1.807) is 23.1 Å². The second-order valence-electron chi connectivity index (χ2n) is 3.93. The Hall–Kier alpha value is -2.37. The first kappa shape index (κ1) is 12.1. The number of rotatable bonds is 3. The molecule has 2 heterocycles. The molecule has 18 heavy (non-hydrogen) atoms. The SMILES string of the molecule is CCc1nn(C)cc1NC(=O)c1cnccc1N. The molecule has 6 nitrogen and oxygen atoms in total. The molecule has 2 aromatic heterocycles. The normalized spacial score (nSPS) is 10.3. The number of nitrogens with one attached hydrogen (secondary N) is 1. The van der Waals surface area contributed by atoms with Gasteiger partial charge >= 0.3 is 0 Å². The van der Waals surface area contributed by atoms with Crippen LogP contribution in [0.15, 0.2) is 24.7 Å². The number of hydrogen-bond donors (Lipinski definition) is 2. The molecule has 0 fully saturated rings. The predicted molar refractivity (Wildman–Crippen MR) is 69.2 cm³/mol. The molecule has 0 aliphatic rings. The van der Waals surface area contributed by atoms with Crippen LogP contribution in [-0.4, -0.2) is 20.7 Å². The van der Waals surface area contributed by atoms with Crippen LogP contribution in [0.3, 0.4) is 0 Å². The van der Waals surface area contributed by atoms with Crippen molar-refractivity contribution in [3.05, 3.63) is 35.9 Å². The lowest BCUT2D eigenvalue weighted by Crippen LogP contribution is -2.14. The van der Waals surface area contributed by atoms with E-state index in [0.717, 1.165) is 12.1 Å². The molecule has 0 aliphatic carbocycles. The van der Waals surface area contributed by atoms with Gasteiger partial charge in [0.15, 0.2) is 0 Å². The molecule has 0 unspecified atom stereocenters. The number of anilines is 2. The number of nitrogens with zero attached hydrogens (tertiary/aromatic N) is 3. The maximum absolute atomic E-state index is 12.0. The molecule has 94 valence electrons. The average molecular weight is 245 g/mol. The quantitative estimate of drug-likeness (QED) is 0.851. The zero-order chi connectivity index (χ0) is 13.1. The first-order chi connectivity index (χ1) is 8.61. The number of pyridine rings is 1. The molecule has 2 rings (SSSR count). The van der Waals surface area contributed by atoms with Crippen molar-refractivity contribution >= 4 is 17.3 Å². The highest BCUT2D eigenvalue weighted by atomic mass is 16.1. The van der Waals surface area contributed by atoms with E-state index in [0.29, 0.717) is 16.9 Å². The highest BCUT2D eigenvalue weighted by molar-refractivity contribution is 6.07. The topological polar surface area (TPSA) is 85.8 Å². The Balaban J connectivity index is 2.24. The maximum atomic E-state index is 12.0. The Kier molecular flexibility index (Phi) is 3.27. The number of amides is 1. The largest absolute Gasteiger partial charge is 0.398 e. The van der Waals surface area contributed by atoms with Crippen molar-refractivity contribution in [3.8, 4) is 0 Å². The molecule has 6 heteroatoms. The molecular weight excluding hydrogens is 230 g/mol. The molecule has 0 saturated carbocycles. The van der Waals surface area contributed by atoms with E-state index in [9.17, 15) is 4.79 Å². The molecule has 0 spiro atoms. The third-order valence-electron chi connectivity index (χ3n) is 2.59. The first-order valence-electron chi connectivity index (χ1n) is 5.65. The van der Waals surface area contributed by atoms with Gasteiger partial charge in [0.05, 0.1) is 16.9 Å². The van der Waals surface area contributed by atoms with Gasteiger partial charge in [-0.25, -0.2) is 0 Å². The van der Waals surface area contributed by atoms with Crippen LogP contribution in [0.4, 0.5) is 11.4 Å². The number of carbonyl (C=O) groups excluding carboxylic acids is 1. The van der Waals surface area contributed by atoms with Gasteiger partial charge in [-0.15, -0.1) is 0 Å². The fourth-order valence-electron chi connectivity index (χ4n) is 1.68.